The van der Waals surface area contributed by atoms with Crippen molar-refractivity contribution in [2.45, 2.75) is 33.6 Å². The van der Waals surface area contributed by atoms with Gasteiger partial charge in [0.15, 0.2) is 0 Å². The van der Waals surface area contributed by atoms with Crippen molar-refractivity contribution in [3.05, 3.63) is 132 Å². The van der Waals surface area contributed by atoms with Crippen LogP contribution in [0.5, 0.6) is 0 Å². The molecule has 0 aliphatic heterocycles. The number of nitrogens with zero attached hydrogens (tertiary/aromatic N) is 2. The number of benzene rings is 4. The van der Waals surface area contributed by atoms with Gasteiger partial charge in [0.25, 0.3) is 0 Å². The Kier molecular flexibility index (Phi) is 9.78. The van der Waals surface area contributed by atoms with Crippen molar-refractivity contribution in [1.82, 2.24) is 0 Å². The Morgan fingerprint density at radius 1 is 0.703 bits per heavy atom. The Bertz CT molecular complexity index is 1540. The Balaban J connectivity index is 0.00000186. The van der Waals surface area contributed by atoms with Crippen molar-refractivity contribution in [2.24, 2.45) is 0 Å². The van der Waals surface area contributed by atoms with E-state index in [0.717, 1.165) is 23.1 Å². The Morgan fingerprint density at radius 3 is 1.65 bits per heavy atom. The minimum Gasteiger partial charge on any atom is -0.193 e. The predicted molar refractivity (Wildman–Crippen MR) is 157 cm³/mol. The number of hydrogen-bond donors (Lipinski definition) is 0. The molecule has 0 N–H and O–H groups in total. The Labute approximate surface area is 221 Å². The first-order valence-corrected chi connectivity index (χ1v) is 12.6. The molecule has 37 heavy (non-hydrogen) atoms. The van der Waals surface area contributed by atoms with Crippen LogP contribution in [0.15, 0.2) is 121 Å². The van der Waals surface area contributed by atoms with E-state index in [1.165, 1.54) is 33.0 Å². The van der Waals surface area contributed by atoms with E-state index in [9.17, 15) is 0 Å². The second-order valence-corrected chi connectivity index (χ2v) is 8.49. The molecule has 0 fully saturated rings. The maximum Gasteiger partial charge on any atom is 0.0988 e. The second kappa shape index (κ2) is 13.4. The Hall–Kier alpha value is -4.66. The van der Waals surface area contributed by atoms with Gasteiger partial charge in [-0.25, -0.2) is 0 Å². The average molecular weight is 481 g/mol. The van der Waals surface area contributed by atoms with Gasteiger partial charge in [0, 0.05) is 11.1 Å². The molecule has 2 heteroatoms. The van der Waals surface area contributed by atoms with Crippen LogP contribution in [0.3, 0.4) is 0 Å². The highest BCUT2D eigenvalue weighted by Crippen LogP contribution is 2.35. The second-order valence-electron chi connectivity index (χ2n) is 8.49. The number of hydrogen-bond acceptors (Lipinski definition) is 2. The van der Waals surface area contributed by atoms with E-state index >= 15 is 0 Å². The quantitative estimate of drug-likeness (QED) is 0.195. The van der Waals surface area contributed by atoms with Gasteiger partial charge in [-0.15, -0.1) is 0 Å². The molecular weight excluding hydrogens is 448 g/mol. The summed E-state index contributed by atoms with van der Waals surface area (Å²) in [5.74, 6) is 0. The maximum atomic E-state index is 9.15. The van der Waals surface area contributed by atoms with E-state index in [0.29, 0.717) is 12.0 Å². The fraction of sp³-hybridized carbons (Fsp3) is 0.143. The normalized spacial score (nSPS) is 11.2. The highest BCUT2D eigenvalue weighted by molar-refractivity contribution is 6.04. The van der Waals surface area contributed by atoms with Crippen molar-refractivity contribution in [2.75, 3.05) is 0 Å². The molecule has 0 aliphatic carbocycles. The first-order valence-electron chi connectivity index (χ1n) is 12.6. The fourth-order valence-electron chi connectivity index (χ4n) is 4.26. The number of fused-ring (bicyclic) bond motifs is 1. The van der Waals surface area contributed by atoms with Crippen LogP contribution < -0.4 is 0 Å². The third-order valence-electron chi connectivity index (χ3n) is 6.13. The molecule has 0 heterocycles. The predicted octanol–water partition coefficient (Wildman–Crippen LogP) is 9.39. The molecule has 182 valence electrons. The molecule has 4 aromatic carbocycles. The maximum absolute atomic E-state index is 9.15. The third kappa shape index (κ3) is 6.72. The van der Waals surface area contributed by atoms with Crippen LogP contribution in [0.2, 0.25) is 0 Å². The number of nitriles is 2. The molecule has 0 saturated heterocycles. The highest BCUT2D eigenvalue weighted by Gasteiger charge is 2.09. The summed E-state index contributed by atoms with van der Waals surface area (Å²) in [6.07, 6.45) is 6.89. The van der Waals surface area contributed by atoms with Gasteiger partial charge in [-0.3, -0.25) is 0 Å². The monoisotopic (exact) mass is 480 g/mol. The summed E-state index contributed by atoms with van der Waals surface area (Å²) < 4.78 is 0. The zero-order valence-electron chi connectivity index (χ0n) is 21.8. The average Bonchev–Trinajstić information content (AvgIpc) is 2.97. The number of allylic oxidation sites excluding steroid dienone is 5. The molecule has 0 amide bonds. The first-order chi connectivity index (χ1) is 18.1. The van der Waals surface area contributed by atoms with Crippen LogP contribution in [0.1, 0.15) is 31.9 Å². The minimum atomic E-state index is 0.589. The smallest absolute Gasteiger partial charge is 0.0988 e. The summed E-state index contributed by atoms with van der Waals surface area (Å²) >= 11 is 0. The van der Waals surface area contributed by atoms with E-state index in [-0.39, 0.29) is 0 Å². The molecule has 0 aliphatic rings. The summed E-state index contributed by atoms with van der Waals surface area (Å²) in [4.78, 5) is 0. The van der Waals surface area contributed by atoms with Crippen LogP contribution in [-0.2, 0) is 12.8 Å². The molecule has 2 nitrogen and oxygen atoms in total. The first kappa shape index (κ1) is 26.9. The molecule has 0 radical (unpaired) electrons. The van der Waals surface area contributed by atoms with Crippen LogP contribution in [0.4, 0.5) is 0 Å². The van der Waals surface area contributed by atoms with Crippen molar-refractivity contribution < 1.29 is 0 Å². The van der Waals surface area contributed by atoms with E-state index in [4.69, 9.17) is 10.5 Å². The van der Waals surface area contributed by atoms with Gasteiger partial charge in [-0.2, -0.15) is 10.5 Å². The summed E-state index contributed by atoms with van der Waals surface area (Å²) in [5.41, 5.74) is 8.35. The molecule has 0 unspecified atom stereocenters. The summed E-state index contributed by atoms with van der Waals surface area (Å²) in [5, 5.41) is 20.6. The number of rotatable bonds is 7. The van der Waals surface area contributed by atoms with Crippen LogP contribution in [0.25, 0.3) is 33.0 Å². The van der Waals surface area contributed by atoms with E-state index in [1.807, 2.05) is 32.9 Å². The van der Waals surface area contributed by atoms with Crippen molar-refractivity contribution in [3.63, 3.8) is 0 Å². The van der Waals surface area contributed by atoms with Crippen molar-refractivity contribution >= 4 is 10.8 Å². The van der Waals surface area contributed by atoms with Gasteiger partial charge in [0.1, 0.15) is 0 Å². The summed E-state index contributed by atoms with van der Waals surface area (Å²) in [7, 11) is 0. The van der Waals surface area contributed by atoms with Crippen molar-refractivity contribution in [3.8, 4) is 34.4 Å². The third-order valence-corrected chi connectivity index (χ3v) is 6.13. The lowest BCUT2D eigenvalue weighted by atomic mass is 9.91. The van der Waals surface area contributed by atoms with Crippen LogP contribution >= 0.6 is 0 Å². The molecule has 0 atom stereocenters. The molecule has 4 aromatic rings. The van der Waals surface area contributed by atoms with Gasteiger partial charge in [-0.1, -0.05) is 124 Å². The Morgan fingerprint density at radius 2 is 1.19 bits per heavy atom. The zero-order chi connectivity index (χ0) is 26.6. The molecule has 0 saturated carbocycles. The van der Waals surface area contributed by atoms with Crippen LogP contribution in [-0.4, -0.2) is 0 Å². The molecule has 0 bridgehead atoms. The van der Waals surface area contributed by atoms with Gasteiger partial charge in [0.2, 0.25) is 0 Å². The molecule has 0 aromatic heterocycles. The van der Waals surface area contributed by atoms with Gasteiger partial charge in [0.05, 0.1) is 12.1 Å². The zero-order valence-corrected chi connectivity index (χ0v) is 21.8. The van der Waals surface area contributed by atoms with Gasteiger partial charge >= 0.3 is 0 Å². The van der Waals surface area contributed by atoms with E-state index in [1.54, 1.807) is 6.08 Å². The fourth-order valence-corrected chi connectivity index (χ4v) is 4.26. The summed E-state index contributed by atoms with van der Waals surface area (Å²) in [6.45, 7) is 9.53. The largest absolute Gasteiger partial charge is 0.193 e. The lowest BCUT2D eigenvalue weighted by molar-refractivity contribution is 1.24. The van der Waals surface area contributed by atoms with Gasteiger partial charge in [-0.05, 0) is 63.9 Å². The molecule has 4 rings (SSSR count). The lowest BCUT2D eigenvalue weighted by Crippen LogP contribution is -1.89. The molecular formula is C35H32N2. The van der Waals surface area contributed by atoms with Gasteiger partial charge < -0.3 is 0 Å². The standard InChI is InChI=1S/C33H26N2.C2H6/c1-3-25(23-35)18-19-27-9-5-11-29(21-27)31-13-7-14-32-30(12-6-15-33(31)32)28-10-4-8-26(20-28)17-16-24(2)22-34;1-2/h3-16,18,20-21H,1,17,19H2,2H3;1-2H3/b24-16+,25-18+;. The lowest BCUT2D eigenvalue weighted by Gasteiger charge is -2.13. The minimum absolute atomic E-state index is 0.589. The van der Waals surface area contributed by atoms with Crippen LogP contribution in [0, 0.1) is 22.7 Å². The van der Waals surface area contributed by atoms with E-state index in [2.05, 4.69) is 104 Å². The topological polar surface area (TPSA) is 47.6 Å². The SMILES string of the molecule is C=C/C(C#N)=C\Cc1cccc(-c2cccc3c(-c4cccc(C/C=C(\C)C#N)c4)cccc23)c1.CC. The van der Waals surface area contributed by atoms with E-state index < -0.39 is 0 Å². The summed E-state index contributed by atoms with van der Waals surface area (Å²) in [6, 6.07) is 34.3. The van der Waals surface area contributed by atoms with Crippen molar-refractivity contribution in [1.29, 1.82) is 10.5 Å². The molecule has 0 spiro atoms. The highest BCUT2D eigenvalue weighted by atomic mass is 14.2.